The van der Waals surface area contributed by atoms with E-state index < -0.39 is 6.04 Å². The van der Waals surface area contributed by atoms with Gasteiger partial charge in [0, 0.05) is 28.6 Å². The smallest absolute Gasteiger partial charge is 0.255 e. The topological polar surface area (TPSA) is 65.2 Å². The summed E-state index contributed by atoms with van der Waals surface area (Å²) in [7, 11) is 0. The number of para-hydroxylation sites is 1. The molecule has 34 heavy (non-hydrogen) atoms. The normalized spacial score (nSPS) is 16.0. The summed E-state index contributed by atoms with van der Waals surface area (Å²) < 4.78 is 0. The Morgan fingerprint density at radius 2 is 1.74 bits per heavy atom. The van der Waals surface area contributed by atoms with Crippen molar-refractivity contribution >= 4 is 22.7 Å². The van der Waals surface area contributed by atoms with Gasteiger partial charge in [0.25, 0.3) is 5.91 Å². The fraction of sp³-hybridized carbons (Fsp3) is 0.241. The van der Waals surface area contributed by atoms with Gasteiger partial charge in [-0.05, 0) is 43.5 Å². The molecule has 0 saturated carbocycles. The van der Waals surface area contributed by atoms with Crippen LogP contribution >= 0.6 is 0 Å². The van der Waals surface area contributed by atoms with Crippen molar-refractivity contribution in [2.45, 2.75) is 39.3 Å². The molecule has 5 heteroatoms. The highest BCUT2D eigenvalue weighted by Crippen LogP contribution is 2.46. The Balaban J connectivity index is 1.74. The number of fused-ring (bicyclic) bond motifs is 2. The van der Waals surface area contributed by atoms with Gasteiger partial charge >= 0.3 is 0 Å². The Hall–Kier alpha value is -3.86. The molecule has 0 aliphatic carbocycles. The van der Waals surface area contributed by atoms with Crippen molar-refractivity contribution in [2.24, 2.45) is 0 Å². The van der Waals surface area contributed by atoms with Crippen molar-refractivity contribution in [3.63, 3.8) is 0 Å². The van der Waals surface area contributed by atoms with Crippen LogP contribution in [-0.2, 0) is 4.79 Å². The monoisotopic (exact) mass is 451 g/mol. The standard InChI is InChI=1S/C29H29N3O2/c1-4-17-30-28(33)19(3)32-27(21-9-5-6-10-22(21)29(32)34)25-23-11-7-8-12-24(23)31-26(25)20-15-13-18(2)14-16-20/h5-16,19,27,31H,4,17H2,1-3H3,(H,30,33)/t19-,27+/m0/s1. The lowest BCUT2D eigenvalue weighted by Gasteiger charge is -2.31. The molecule has 0 fully saturated rings. The van der Waals surface area contributed by atoms with Crippen molar-refractivity contribution in [3.8, 4) is 11.3 Å². The second kappa shape index (κ2) is 8.82. The summed E-state index contributed by atoms with van der Waals surface area (Å²) in [4.78, 5) is 32.1. The number of amides is 2. The molecule has 4 aromatic rings. The van der Waals surface area contributed by atoms with Gasteiger partial charge < -0.3 is 15.2 Å². The van der Waals surface area contributed by atoms with Gasteiger partial charge in [-0.3, -0.25) is 9.59 Å². The first kappa shape index (κ1) is 22.0. The van der Waals surface area contributed by atoms with Gasteiger partial charge in [0.1, 0.15) is 6.04 Å². The Labute approximate surface area is 199 Å². The Morgan fingerprint density at radius 3 is 2.50 bits per heavy atom. The molecule has 0 saturated heterocycles. The zero-order chi connectivity index (χ0) is 23.8. The number of hydrogen-bond acceptors (Lipinski definition) is 2. The van der Waals surface area contributed by atoms with E-state index in [1.807, 2.05) is 50.2 Å². The third-order valence-electron chi connectivity index (χ3n) is 6.70. The zero-order valence-corrected chi connectivity index (χ0v) is 19.8. The first-order valence-corrected chi connectivity index (χ1v) is 11.9. The first-order valence-electron chi connectivity index (χ1n) is 11.9. The molecule has 2 amide bonds. The molecule has 2 atom stereocenters. The van der Waals surface area contributed by atoms with Gasteiger partial charge in [-0.15, -0.1) is 0 Å². The highest BCUT2D eigenvalue weighted by Gasteiger charge is 2.44. The van der Waals surface area contributed by atoms with E-state index in [-0.39, 0.29) is 17.9 Å². The number of hydrogen-bond donors (Lipinski definition) is 2. The van der Waals surface area contributed by atoms with E-state index in [1.165, 1.54) is 5.56 Å². The molecule has 172 valence electrons. The van der Waals surface area contributed by atoms with Gasteiger partial charge in [-0.25, -0.2) is 0 Å². The lowest BCUT2D eigenvalue weighted by molar-refractivity contribution is -0.125. The Morgan fingerprint density at radius 1 is 1.03 bits per heavy atom. The van der Waals surface area contributed by atoms with Crippen LogP contribution in [0, 0.1) is 6.92 Å². The molecule has 2 heterocycles. The molecular weight excluding hydrogens is 422 g/mol. The highest BCUT2D eigenvalue weighted by molar-refractivity contribution is 6.04. The van der Waals surface area contributed by atoms with Crippen LogP contribution in [0.15, 0.2) is 72.8 Å². The number of aromatic amines is 1. The van der Waals surface area contributed by atoms with Crippen LogP contribution in [0.2, 0.25) is 0 Å². The van der Waals surface area contributed by atoms with Gasteiger partial charge in [0.2, 0.25) is 5.91 Å². The summed E-state index contributed by atoms with van der Waals surface area (Å²) in [6, 6.07) is 23.3. The maximum Gasteiger partial charge on any atom is 0.255 e. The molecule has 0 spiro atoms. The summed E-state index contributed by atoms with van der Waals surface area (Å²) >= 11 is 0. The average molecular weight is 452 g/mol. The van der Waals surface area contributed by atoms with Crippen LogP contribution < -0.4 is 5.32 Å². The molecule has 2 N–H and O–H groups in total. The lowest BCUT2D eigenvalue weighted by atomic mass is 9.92. The second-order valence-corrected chi connectivity index (χ2v) is 8.99. The average Bonchev–Trinajstić information content (AvgIpc) is 3.37. The van der Waals surface area contributed by atoms with Crippen LogP contribution in [0.5, 0.6) is 0 Å². The second-order valence-electron chi connectivity index (χ2n) is 8.99. The van der Waals surface area contributed by atoms with Gasteiger partial charge in [-0.1, -0.05) is 73.2 Å². The summed E-state index contributed by atoms with van der Waals surface area (Å²) in [5.74, 6) is -0.246. The lowest BCUT2D eigenvalue weighted by Crippen LogP contribution is -2.47. The summed E-state index contributed by atoms with van der Waals surface area (Å²) in [5, 5.41) is 4.03. The van der Waals surface area contributed by atoms with E-state index >= 15 is 0 Å². The molecule has 5 rings (SSSR count). The number of nitrogens with zero attached hydrogens (tertiary/aromatic N) is 1. The number of aryl methyl sites for hydroxylation is 1. The van der Waals surface area contributed by atoms with E-state index in [1.54, 1.807) is 4.90 Å². The molecule has 0 radical (unpaired) electrons. The van der Waals surface area contributed by atoms with Crippen LogP contribution in [0.1, 0.15) is 53.4 Å². The Bertz CT molecular complexity index is 1370. The molecule has 0 unspecified atom stereocenters. The van der Waals surface area contributed by atoms with Crippen molar-refractivity contribution in [1.82, 2.24) is 15.2 Å². The number of H-pyrrole nitrogens is 1. The number of benzene rings is 3. The van der Waals surface area contributed by atoms with E-state index in [0.29, 0.717) is 12.1 Å². The van der Waals surface area contributed by atoms with Gasteiger partial charge in [-0.2, -0.15) is 0 Å². The van der Waals surface area contributed by atoms with Crippen LogP contribution in [0.3, 0.4) is 0 Å². The predicted octanol–water partition coefficient (Wildman–Crippen LogP) is 5.60. The summed E-state index contributed by atoms with van der Waals surface area (Å²) in [5.41, 5.74) is 6.83. The van der Waals surface area contributed by atoms with Crippen LogP contribution in [0.4, 0.5) is 0 Å². The van der Waals surface area contributed by atoms with E-state index in [2.05, 4.69) is 53.6 Å². The third kappa shape index (κ3) is 3.58. The first-order chi connectivity index (χ1) is 16.5. The van der Waals surface area contributed by atoms with Crippen molar-refractivity contribution in [1.29, 1.82) is 0 Å². The van der Waals surface area contributed by atoms with Crippen molar-refractivity contribution < 1.29 is 9.59 Å². The number of aromatic nitrogens is 1. The number of carbonyl (C=O) groups is 2. The summed E-state index contributed by atoms with van der Waals surface area (Å²) in [6.07, 6.45) is 0.843. The molecule has 1 aliphatic rings. The minimum absolute atomic E-state index is 0.111. The van der Waals surface area contributed by atoms with Crippen LogP contribution in [0.25, 0.3) is 22.2 Å². The molecule has 1 aromatic heterocycles. The maximum absolute atomic E-state index is 13.7. The Kier molecular flexibility index (Phi) is 5.70. The molecule has 1 aliphatic heterocycles. The van der Waals surface area contributed by atoms with E-state index in [9.17, 15) is 9.59 Å². The SMILES string of the molecule is CCCNC(=O)[C@H](C)N1C(=O)c2ccccc2[C@@H]1c1c(-c2ccc(C)cc2)[nH]c2ccccc12. The molecule has 3 aromatic carbocycles. The predicted molar refractivity (Wildman–Crippen MR) is 136 cm³/mol. The fourth-order valence-corrected chi connectivity index (χ4v) is 4.95. The third-order valence-corrected chi connectivity index (χ3v) is 6.70. The largest absolute Gasteiger partial charge is 0.354 e. The minimum atomic E-state index is -0.615. The van der Waals surface area contributed by atoms with Crippen molar-refractivity contribution in [2.75, 3.05) is 6.54 Å². The summed E-state index contributed by atoms with van der Waals surface area (Å²) in [6.45, 7) is 6.50. The molecular formula is C29H29N3O2. The highest BCUT2D eigenvalue weighted by atomic mass is 16.2. The van der Waals surface area contributed by atoms with Gasteiger partial charge in [0.15, 0.2) is 0 Å². The minimum Gasteiger partial charge on any atom is -0.354 e. The zero-order valence-electron chi connectivity index (χ0n) is 19.8. The number of carbonyl (C=O) groups excluding carboxylic acids is 2. The van der Waals surface area contributed by atoms with Crippen LogP contribution in [-0.4, -0.2) is 34.3 Å². The fourth-order valence-electron chi connectivity index (χ4n) is 4.95. The van der Waals surface area contributed by atoms with E-state index in [0.717, 1.165) is 39.7 Å². The maximum atomic E-state index is 13.7. The van der Waals surface area contributed by atoms with E-state index in [4.69, 9.17) is 0 Å². The van der Waals surface area contributed by atoms with Crippen molar-refractivity contribution in [3.05, 3.63) is 95.1 Å². The van der Waals surface area contributed by atoms with Gasteiger partial charge in [0.05, 0.1) is 11.7 Å². The number of nitrogens with one attached hydrogen (secondary N) is 2. The molecule has 5 nitrogen and oxygen atoms in total. The number of rotatable bonds is 6. The molecule has 0 bridgehead atoms. The quantitative estimate of drug-likeness (QED) is 0.401.